The number of fused-ring (bicyclic) bond motifs is 1. The predicted molar refractivity (Wildman–Crippen MR) is 101 cm³/mol. The Morgan fingerprint density at radius 1 is 1.31 bits per heavy atom. The summed E-state index contributed by atoms with van der Waals surface area (Å²) in [6.07, 6.45) is 6.53. The number of pyridine rings is 1. The van der Waals surface area contributed by atoms with Crippen LogP contribution < -0.4 is 5.32 Å². The molecule has 1 aromatic heterocycles. The van der Waals surface area contributed by atoms with Crippen LogP contribution in [0.1, 0.15) is 15.9 Å². The van der Waals surface area contributed by atoms with Crippen LogP contribution in [0.25, 0.3) is 22.0 Å². The van der Waals surface area contributed by atoms with E-state index in [2.05, 4.69) is 10.3 Å². The van der Waals surface area contributed by atoms with Gasteiger partial charge in [0, 0.05) is 28.3 Å². The molecule has 26 heavy (non-hydrogen) atoms. The molecule has 0 atom stereocenters. The van der Waals surface area contributed by atoms with Crippen molar-refractivity contribution in [2.45, 2.75) is 6.92 Å². The van der Waals surface area contributed by atoms with Crippen molar-refractivity contribution in [3.8, 4) is 23.5 Å². The standard InChI is InChI=1S/C20H13ClFN3O/c1-3-18(23)25-20(26)12-5-7-17-14(9-12)19(15(21)10-24-17)13-6-4-11(2)8-16(13)22/h1,4-10H,2H3,(H2,23,25,26). The zero-order valence-electron chi connectivity index (χ0n) is 13.7. The number of hydrogen-bond acceptors (Lipinski definition) is 3. The Labute approximate surface area is 154 Å². The first-order valence-electron chi connectivity index (χ1n) is 7.62. The van der Waals surface area contributed by atoms with Crippen LogP contribution >= 0.6 is 11.6 Å². The summed E-state index contributed by atoms with van der Waals surface area (Å²) in [4.78, 5) is 16.5. The molecular weight excluding hydrogens is 353 g/mol. The summed E-state index contributed by atoms with van der Waals surface area (Å²) < 4.78 is 14.5. The third kappa shape index (κ3) is 3.28. The molecule has 0 bridgehead atoms. The Morgan fingerprint density at radius 2 is 2.08 bits per heavy atom. The number of carbonyl (C=O) groups is 1. The van der Waals surface area contributed by atoms with Crippen molar-refractivity contribution in [1.82, 2.24) is 10.3 Å². The van der Waals surface area contributed by atoms with Crippen molar-refractivity contribution in [2.75, 3.05) is 0 Å². The molecule has 3 aromatic rings. The number of nitrogens with one attached hydrogen (secondary N) is 2. The maximum atomic E-state index is 14.5. The monoisotopic (exact) mass is 365 g/mol. The van der Waals surface area contributed by atoms with Gasteiger partial charge < -0.3 is 0 Å². The summed E-state index contributed by atoms with van der Waals surface area (Å²) in [5.41, 5.74) is 2.38. The van der Waals surface area contributed by atoms with Gasteiger partial charge in [0.25, 0.3) is 5.91 Å². The maximum Gasteiger partial charge on any atom is 0.257 e. The lowest BCUT2D eigenvalue weighted by molar-refractivity contribution is 0.0977. The molecular formula is C20H13ClFN3O. The quantitative estimate of drug-likeness (QED) is 0.403. The van der Waals surface area contributed by atoms with Crippen LogP contribution in [0.5, 0.6) is 0 Å². The Bertz CT molecular complexity index is 1100. The van der Waals surface area contributed by atoms with Crippen LogP contribution in [0.3, 0.4) is 0 Å². The molecule has 0 spiro atoms. The lowest BCUT2D eigenvalue weighted by atomic mass is 9.98. The molecule has 0 saturated heterocycles. The van der Waals surface area contributed by atoms with Gasteiger partial charge in [0.1, 0.15) is 5.82 Å². The maximum absolute atomic E-state index is 14.5. The minimum atomic E-state index is -0.537. The number of amidine groups is 1. The zero-order valence-corrected chi connectivity index (χ0v) is 14.5. The number of nitrogens with zero attached hydrogens (tertiary/aromatic N) is 1. The van der Waals surface area contributed by atoms with Crippen LogP contribution in [-0.2, 0) is 0 Å². The molecule has 0 saturated carbocycles. The van der Waals surface area contributed by atoms with Crippen LogP contribution in [-0.4, -0.2) is 16.7 Å². The normalized spacial score (nSPS) is 10.4. The van der Waals surface area contributed by atoms with Crippen molar-refractivity contribution in [3.05, 3.63) is 64.6 Å². The second kappa shape index (κ2) is 6.95. The molecule has 0 aliphatic carbocycles. The summed E-state index contributed by atoms with van der Waals surface area (Å²) in [7, 11) is 0. The highest BCUT2D eigenvalue weighted by molar-refractivity contribution is 6.34. The molecule has 0 radical (unpaired) electrons. The molecule has 2 N–H and O–H groups in total. The fourth-order valence-corrected chi connectivity index (χ4v) is 2.88. The average molecular weight is 366 g/mol. The molecule has 6 heteroatoms. The lowest BCUT2D eigenvalue weighted by Crippen LogP contribution is -2.28. The van der Waals surface area contributed by atoms with Crippen molar-refractivity contribution in [2.24, 2.45) is 0 Å². The van der Waals surface area contributed by atoms with Gasteiger partial charge in [0.2, 0.25) is 0 Å². The van der Waals surface area contributed by atoms with E-state index in [9.17, 15) is 9.18 Å². The summed E-state index contributed by atoms with van der Waals surface area (Å²) in [5.74, 6) is 0.736. The number of aryl methyl sites for hydroxylation is 1. The number of rotatable bonds is 2. The molecule has 1 amide bonds. The van der Waals surface area contributed by atoms with E-state index in [1.54, 1.807) is 37.3 Å². The zero-order chi connectivity index (χ0) is 18.8. The molecule has 1 heterocycles. The van der Waals surface area contributed by atoms with E-state index in [4.69, 9.17) is 23.4 Å². The van der Waals surface area contributed by atoms with Crippen LogP contribution in [0.4, 0.5) is 4.39 Å². The first-order chi connectivity index (χ1) is 12.4. The molecule has 3 rings (SSSR count). The third-order valence-electron chi connectivity index (χ3n) is 3.86. The fraction of sp³-hybridized carbons (Fsp3) is 0.0500. The SMILES string of the molecule is C#CC(=N)NC(=O)c1ccc2ncc(Cl)c(-c3ccc(C)cc3F)c2c1. The van der Waals surface area contributed by atoms with Crippen molar-refractivity contribution >= 4 is 34.2 Å². The molecule has 4 nitrogen and oxygen atoms in total. The summed E-state index contributed by atoms with van der Waals surface area (Å²) in [6, 6.07) is 9.59. The first-order valence-corrected chi connectivity index (χ1v) is 8.00. The number of hydrogen-bond donors (Lipinski definition) is 2. The molecule has 0 fully saturated rings. The van der Waals surface area contributed by atoms with E-state index in [0.29, 0.717) is 22.0 Å². The molecule has 0 unspecified atom stereocenters. The van der Waals surface area contributed by atoms with Gasteiger partial charge in [-0.1, -0.05) is 23.7 Å². The van der Waals surface area contributed by atoms with Gasteiger partial charge in [0.05, 0.1) is 10.5 Å². The first kappa shape index (κ1) is 17.6. The van der Waals surface area contributed by atoms with E-state index in [1.165, 1.54) is 12.3 Å². The van der Waals surface area contributed by atoms with Crippen molar-refractivity contribution in [3.63, 3.8) is 0 Å². The average Bonchev–Trinajstić information content (AvgIpc) is 2.62. The number of aromatic nitrogens is 1. The number of halogens is 2. The number of benzene rings is 2. The Hall–Kier alpha value is -3.23. The highest BCUT2D eigenvalue weighted by atomic mass is 35.5. The Morgan fingerprint density at radius 3 is 2.77 bits per heavy atom. The second-order valence-corrected chi connectivity index (χ2v) is 6.08. The summed E-state index contributed by atoms with van der Waals surface area (Å²) in [6.45, 7) is 1.79. The summed E-state index contributed by atoms with van der Waals surface area (Å²) in [5, 5.41) is 10.5. The van der Waals surface area contributed by atoms with Crippen LogP contribution in [0.15, 0.2) is 42.6 Å². The molecule has 0 aliphatic rings. The van der Waals surface area contributed by atoms with Crippen molar-refractivity contribution < 1.29 is 9.18 Å². The van der Waals surface area contributed by atoms with Crippen LogP contribution in [0, 0.1) is 30.5 Å². The summed E-state index contributed by atoms with van der Waals surface area (Å²) >= 11 is 6.30. The van der Waals surface area contributed by atoms with Gasteiger partial charge in [-0.05, 0) is 42.7 Å². The molecule has 0 aliphatic heterocycles. The Kier molecular flexibility index (Phi) is 4.70. The molecule has 128 valence electrons. The largest absolute Gasteiger partial charge is 0.300 e. The number of terminal acetylenes is 1. The van der Waals surface area contributed by atoms with Gasteiger partial charge in [-0.2, -0.15) is 0 Å². The van der Waals surface area contributed by atoms with E-state index in [1.807, 2.05) is 5.92 Å². The fourth-order valence-electron chi connectivity index (χ4n) is 2.63. The van der Waals surface area contributed by atoms with E-state index < -0.39 is 11.7 Å². The number of carbonyl (C=O) groups excluding carboxylic acids is 1. The van der Waals surface area contributed by atoms with Gasteiger partial charge in [-0.3, -0.25) is 20.5 Å². The lowest BCUT2D eigenvalue weighted by Gasteiger charge is -2.12. The number of amides is 1. The van der Waals surface area contributed by atoms with Gasteiger partial charge in [-0.25, -0.2) is 4.39 Å². The smallest absolute Gasteiger partial charge is 0.257 e. The van der Waals surface area contributed by atoms with E-state index >= 15 is 0 Å². The molecule has 2 aromatic carbocycles. The van der Waals surface area contributed by atoms with Gasteiger partial charge in [-0.15, -0.1) is 6.42 Å². The highest BCUT2D eigenvalue weighted by Gasteiger charge is 2.16. The van der Waals surface area contributed by atoms with Gasteiger partial charge >= 0.3 is 0 Å². The topological polar surface area (TPSA) is 65.8 Å². The van der Waals surface area contributed by atoms with Crippen molar-refractivity contribution in [1.29, 1.82) is 5.41 Å². The van der Waals surface area contributed by atoms with E-state index in [0.717, 1.165) is 5.56 Å². The minimum Gasteiger partial charge on any atom is -0.300 e. The van der Waals surface area contributed by atoms with E-state index in [-0.39, 0.29) is 16.4 Å². The highest BCUT2D eigenvalue weighted by Crippen LogP contribution is 2.36. The minimum absolute atomic E-state index is 0.260. The van der Waals surface area contributed by atoms with Crippen LogP contribution in [0.2, 0.25) is 5.02 Å². The second-order valence-electron chi connectivity index (χ2n) is 5.67. The third-order valence-corrected chi connectivity index (χ3v) is 4.15. The Balaban J connectivity index is 2.21. The predicted octanol–water partition coefficient (Wildman–Crippen LogP) is 4.34. The van der Waals surface area contributed by atoms with Gasteiger partial charge in [0.15, 0.2) is 5.84 Å².